The monoisotopic (exact) mass is 466 g/mol. The summed E-state index contributed by atoms with van der Waals surface area (Å²) < 4.78 is 47.9. The van der Waals surface area contributed by atoms with E-state index in [0.29, 0.717) is 5.69 Å². The molecule has 0 fully saturated rings. The van der Waals surface area contributed by atoms with E-state index in [1.165, 1.54) is 6.07 Å². The molecule has 0 aliphatic heterocycles. The molecule has 8 nitrogen and oxygen atoms in total. The maximum atomic E-state index is 12.6. The minimum Gasteiger partial charge on any atom is -0.493 e. The number of aromatic hydroxyl groups is 1. The number of carbonyl (C=O) groups is 1. The lowest BCUT2D eigenvalue weighted by Gasteiger charge is -2.09. The summed E-state index contributed by atoms with van der Waals surface area (Å²) in [5, 5.41) is 21.2. The van der Waals surface area contributed by atoms with Crippen molar-refractivity contribution in [2.45, 2.75) is 19.8 Å². The van der Waals surface area contributed by atoms with Crippen molar-refractivity contribution in [1.29, 1.82) is 0 Å². The number of hydrogen-bond acceptors (Lipinski definition) is 6. The molecule has 1 aromatic heterocycles. The van der Waals surface area contributed by atoms with Gasteiger partial charge in [0.25, 0.3) is 0 Å². The van der Waals surface area contributed by atoms with Crippen LogP contribution in [0.1, 0.15) is 6.92 Å². The number of benzene rings is 2. The normalized spacial score (nSPS) is 11.6. The molecule has 0 radical (unpaired) electrons. The fraction of sp³-hybridized carbons (Fsp3) is 0.200. The summed E-state index contributed by atoms with van der Waals surface area (Å²) in [7, 11) is 0. The van der Waals surface area contributed by atoms with E-state index in [1.807, 2.05) is 6.07 Å². The average Bonchev–Trinajstić information content (AvgIpc) is 2.96. The fourth-order valence-electron chi connectivity index (χ4n) is 2.86. The van der Waals surface area contributed by atoms with Gasteiger partial charge in [-0.1, -0.05) is 18.2 Å². The van der Waals surface area contributed by atoms with Gasteiger partial charge in [-0.05, 0) is 49.5 Å². The Balaban J connectivity index is 1.99. The van der Waals surface area contributed by atoms with E-state index < -0.39 is 30.5 Å². The van der Waals surface area contributed by atoms with Crippen molar-refractivity contribution in [3.05, 3.63) is 48.5 Å². The van der Waals surface area contributed by atoms with Crippen molar-refractivity contribution < 1.29 is 32.5 Å². The summed E-state index contributed by atoms with van der Waals surface area (Å²) in [4.78, 5) is 11.9. The number of aromatic nitrogens is 1. The third-order valence-electron chi connectivity index (χ3n) is 4.07. The van der Waals surface area contributed by atoms with E-state index in [0.717, 1.165) is 16.7 Å². The van der Waals surface area contributed by atoms with Crippen molar-refractivity contribution in [2.75, 3.05) is 11.9 Å². The number of nitrogens with zero attached hydrogens (tertiary/aromatic N) is 3. The third kappa shape index (κ3) is 5.72. The molecule has 0 atom stereocenters. The van der Waals surface area contributed by atoms with Crippen molar-refractivity contribution in [1.82, 2.24) is 4.57 Å². The molecule has 1 heterocycles. The van der Waals surface area contributed by atoms with Gasteiger partial charge in [-0.15, -0.1) is 23.4 Å². The van der Waals surface area contributed by atoms with E-state index in [1.54, 1.807) is 31.2 Å². The van der Waals surface area contributed by atoms with Gasteiger partial charge in [-0.2, -0.15) is 0 Å². The largest absolute Gasteiger partial charge is 0.573 e. The van der Waals surface area contributed by atoms with Crippen LogP contribution in [0.2, 0.25) is 0 Å². The van der Waals surface area contributed by atoms with Gasteiger partial charge in [0.05, 0.1) is 12.1 Å². The first-order valence-corrected chi connectivity index (χ1v) is 9.63. The molecule has 2 aromatic carbocycles. The van der Waals surface area contributed by atoms with Gasteiger partial charge >= 0.3 is 12.3 Å². The van der Waals surface area contributed by atoms with Crippen LogP contribution in [0.15, 0.2) is 58.8 Å². The molecule has 0 aliphatic carbocycles. The molecule has 0 bridgehead atoms. The van der Waals surface area contributed by atoms with Gasteiger partial charge in [0.1, 0.15) is 12.3 Å². The highest BCUT2D eigenvalue weighted by Gasteiger charge is 2.31. The molecular formula is C20H17F3N4O4S. The van der Waals surface area contributed by atoms with Crippen molar-refractivity contribution in [3.63, 3.8) is 0 Å². The zero-order valence-corrected chi connectivity index (χ0v) is 17.4. The van der Waals surface area contributed by atoms with Crippen molar-refractivity contribution in [3.8, 4) is 11.6 Å². The third-order valence-corrected chi connectivity index (χ3v) is 4.26. The number of rotatable bonds is 6. The van der Waals surface area contributed by atoms with Gasteiger partial charge in [0.2, 0.25) is 11.0 Å². The summed E-state index contributed by atoms with van der Waals surface area (Å²) in [5.41, 5.74) is 0.682. The standard InChI is InChI=1S/C20H17F3N4O4S/c1-2-30-16(28)11-27-15-9-8-13(31-20(21,22)23)10-14(15)17(18(27)29)25-26-19(32)24-12-6-4-3-5-7-12/h3-10,29H,2,11H2,1H3,(H,24,32). The molecule has 0 saturated carbocycles. The number of hydrogen-bond donors (Lipinski definition) is 2. The Labute approximate surface area is 185 Å². The Morgan fingerprint density at radius 2 is 1.94 bits per heavy atom. The van der Waals surface area contributed by atoms with E-state index in [4.69, 9.17) is 17.0 Å². The minimum absolute atomic E-state index is 0.0513. The van der Waals surface area contributed by atoms with Crippen LogP contribution in [-0.2, 0) is 16.1 Å². The number of ether oxygens (including phenoxy) is 2. The molecule has 32 heavy (non-hydrogen) atoms. The van der Waals surface area contributed by atoms with Crippen LogP contribution >= 0.6 is 12.2 Å². The molecule has 0 amide bonds. The van der Waals surface area contributed by atoms with Crippen molar-refractivity contribution >= 4 is 45.6 Å². The number of halogens is 3. The lowest BCUT2D eigenvalue weighted by atomic mass is 10.2. The number of azo groups is 1. The molecule has 0 unspecified atom stereocenters. The van der Waals surface area contributed by atoms with Crippen LogP contribution in [0.5, 0.6) is 11.6 Å². The molecule has 0 saturated heterocycles. The van der Waals surface area contributed by atoms with Crippen LogP contribution in [0.4, 0.5) is 24.5 Å². The van der Waals surface area contributed by atoms with Gasteiger partial charge < -0.3 is 19.9 Å². The SMILES string of the molecule is CCOC(=O)Cn1c(O)c(N=NC(=S)Nc2ccccc2)c2cc(OC(F)(F)F)ccc21. The number of thiocarbonyl (C=S) groups is 1. The Morgan fingerprint density at radius 1 is 1.22 bits per heavy atom. The van der Waals surface area contributed by atoms with Gasteiger partial charge in [-0.25, -0.2) is 0 Å². The van der Waals surface area contributed by atoms with Crippen LogP contribution < -0.4 is 10.1 Å². The predicted molar refractivity (Wildman–Crippen MR) is 114 cm³/mol. The predicted octanol–water partition coefficient (Wildman–Crippen LogP) is 5.29. The Kier molecular flexibility index (Phi) is 6.93. The molecule has 168 valence electrons. The zero-order valence-electron chi connectivity index (χ0n) is 16.6. The van der Waals surface area contributed by atoms with E-state index >= 15 is 0 Å². The summed E-state index contributed by atoms with van der Waals surface area (Å²) in [6.45, 7) is 1.35. The Morgan fingerprint density at radius 3 is 2.59 bits per heavy atom. The second-order valence-corrected chi connectivity index (χ2v) is 6.67. The number of esters is 1. The van der Waals surface area contributed by atoms with Gasteiger partial charge in [0, 0.05) is 11.1 Å². The van der Waals surface area contributed by atoms with Crippen LogP contribution in [-0.4, -0.2) is 33.7 Å². The highest BCUT2D eigenvalue weighted by Crippen LogP contribution is 2.41. The van der Waals surface area contributed by atoms with E-state index in [9.17, 15) is 23.1 Å². The highest BCUT2D eigenvalue weighted by molar-refractivity contribution is 7.80. The van der Waals surface area contributed by atoms with E-state index in [2.05, 4.69) is 20.3 Å². The van der Waals surface area contributed by atoms with Crippen LogP contribution in [0.3, 0.4) is 0 Å². The zero-order chi connectivity index (χ0) is 23.3. The maximum absolute atomic E-state index is 12.6. The van der Waals surface area contributed by atoms with Gasteiger partial charge in [0.15, 0.2) is 5.69 Å². The summed E-state index contributed by atoms with van der Waals surface area (Å²) in [6, 6.07) is 12.2. The second-order valence-electron chi connectivity index (χ2n) is 6.29. The number of alkyl halides is 3. The molecule has 12 heteroatoms. The fourth-order valence-corrected chi connectivity index (χ4v) is 3.02. The van der Waals surface area contributed by atoms with Crippen LogP contribution in [0.25, 0.3) is 10.9 Å². The highest BCUT2D eigenvalue weighted by atomic mass is 32.1. The first-order valence-electron chi connectivity index (χ1n) is 9.22. The smallest absolute Gasteiger partial charge is 0.493 e. The number of anilines is 1. The Bertz CT molecular complexity index is 1160. The second kappa shape index (κ2) is 9.64. The number of carbonyl (C=O) groups excluding carboxylic acids is 1. The molecule has 2 N–H and O–H groups in total. The number of fused-ring (bicyclic) bond motifs is 1. The lowest BCUT2D eigenvalue weighted by Crippen LogP contribution is -2.17. The van der Waals surface area contributed by atoms with Crippen molar-refractivity contribution in [2.24, 2.45) is 10.2 Å². The molecule has 0 spiro atoms. The molecule has 0 aliphatic rings. The summed E-state index contributed by atoms with van der Waals surface area (Å²) in [5.74, 6) is -1.68. The first kappa shape index (κ1) is 23.0. The minimum atomic E-state index is -4.91. The molecule has 3 aromatic rings. The lowest BCUT2D eigenvalue weighted by molar-refractivity contribution is -0.274. The topological polar surface area (TPSA) is 97.4 Å². The quantitative estimate of drug-likeness (QED) is 0.291. The average molecular weight is 466 g/mol. The summed E-state index contributed by atoms with van der Waals surface area (Å²) in [6.07, 6.45) is -4.91. The molecule has 3 rings (SSSR count). The van der Waals surface area contributed by atoms with E-state index in [-0.39, 0.29) is 28.3 Å². The molecular weight excluding hydrogens is 449 g/mol. The Hall–Kier alpha value is -3.67. The first-order chi connectivity index (χ1) is 15.2. The summed E-state index contributed by atoms with van der Waals surface area (Å²) >= 11 is 5.10. The number of para-hydroxylation sites is 1. The van der Waals surface area contributed by atoms with Crippen LogP contribution in [0, 0.1) is 0 Å². The maximum Gasteiger partial charge on any atom is 0.573 e. The van der Waals surface area contributed by atoms with Gasteiger partial charge in [-0.3, -0.25) is 9.36 Å². The number of nitrogens with one attached hydrogen (secondary N) is 1.